The molecule has 0 saturated carbocycles. The molecule has 0 aromatic heterocycles. The van der Waals surface area contributed by atoms with Gasteiger partial charge in [0.1, 0.15) is 0 Å². The summed E-state index contributed by atoms with van der Waals surface area (Å²) < 4.78 is 51.6. The van der Waals surface area contributed by atoms with Gasteiger partial charge in [-0.05, 0) is 78.6 Å². The number of rotatable bonds is 24. The summed E-state index contributed by atoms with van der Waals surface area (Å²) in [5.74, 6) is -2.16. The Hall–Kier alpha value is -5.58. The predicted octanol–water partition coefficient (Wildman–Crippen LogP) is 14.7. The summed E-state index contributed by atoms with van der Waals surface area (Å²) in [4.78, 5) is 34.8. The maximum atomic E-state index is 14.6. The van der Waals surface area contributed by atoms with Gasteiger partial charge < -0.3 is 18.9 Å². The Kier molecular flexibility index (Phi) is 19.4. The van der Waals surface area contributed by atoms with Crippen LogP contribution in [0.1, 0.15) is 123 Å². The minimum atomic E-state index is -0.721. The van der Waals surface area contributed by atoms with Crippen molar-refractivity contribution in [2.24, 2.45) is 9.98 Å². The topological polar surface area (TPSA) is 95.8 Å². The van der Waals surface area contributed by atoms with Gasteiger partial charge in [-0.25, -0.2) is 18.4 Å². The molecule has 0 heterocycles. The van der Waals surface area contributed by atoms with E-state index >= 15 is 0 Å². The van der Waals surface area contributed by atoms with E-state index in [1.165, 1.54) is 62.8 Å². The molecule has 0 aliphatic heterocycles. The van der Waals surface area contributed by atoms with E-state index in [1.807, 2.05) is 0 Å². The van der Waals surface area contributed by atoms with Gasteiger partial charge in [-0.1, -0.05) is 126 Å². The summed E-state index contributed by atoms with van der Waals surface area (Å²) in [6.07, 6.45) is 16.6. The number of nitrogens with zero attached hydrogens (tertiary/aromatic N) is 2. The number of ether oxygens (including phenoxy) is 4. The Morgan fingerprint density at radius 3 is 1.27 bits per heavy atom. The normalized spacial score (nSPS) is 11.3. The number of hydrogen-bond donors (Lipinski definition) is 0. The lowest BCUT2D eigenvalue weighted by molar-refractivity contribution is 0.0733. The number of carbonyl (C=O) groups is 2. The van der Waals surface area contributed by atoms with Crippen molar-refractivity contribution in [2.75, 3.05) is 13.2 Å². The van der Waals surface area contributed by atoms with E-state index in [0.29, 0.717) is 35.7 Å². The molecule has 0 spiro atoms. The maximum absolute atomic E-state index is 14.6. The van der Waals surface area contributed by atoms with Gasteiger partial charge in [-0.3, -0.25) is 9.98 Å². The molecule has 0 N–H and O–H groups in total. The van der Waals surface area contributed by atoms with Crippen molar-refractivity contribution in [1.29, 1.82) is 0 Å². The zero-order valence-corrected chi connectivity index (χ0v) is 36.7. The number of esters is 2. The monoisotopic (exact) mass is 884 g/mol. The summed E-state index contributed by atoms with van der Waals surface area (Å²) in [7, 11) is 0. The van der Waals surface area contributed by atoms with E-state index in [9.17, 15) is 18.4 Å². The van der Waals surface area contributed by atoms with E-state index in [1.54, 1.807) is 85.2 Å². The molecular weight excluding hydrogens is 833 g/mol. The third-order valence-electron chi connectivity index (χ3n) is 9.75. The minimum absolute atomic E-state index is 0.0248. The molecule has 0 amide bonds. The number of aliphatic imine (C=N–C) groups is 2. The Labute approximate surface area is 372 Å². The number of hydrogen-bond acceptors (Lipinski definition) is 8. The van der Waals surface area contributed by atoms with Crippen molar-refractivity contribution >= 4 is 58.9 Å². The highest BCUT2D eigenvalue weighted by molar-refractivity contribution is 6.36. The van der Waals surface area contributed by atoms with Crippen LogP contribution in [-0.2, 0) is 0 Å². The van der Waals surface area contributed by atoms with Crippen LogP contribution in [0.15, 0.2) is 107 Å². The fraction of sp³-hybridized carbons (Fsp3) is 0.320. The van der Waals surface area contributed by atoms with Crippen molar-refractivity contribution in [3.8, 4) is 23.0 Å². The van der Waals surface area contributed by atoms with Gasteiger partial charge in [0.05, 0.1) is 45.8 Å². The third kappa shape index (κ3) is 15.4. The standard InChI is InChI=1S/C50H52Cl2F2N2O6/c1-3-5-7-9-11-13-27-59-45-25-23-39(29-43(45)53)55-33-35-15-19-37(20-16-35)49(57)61-47-32-48(42(52)31-41(47)51)62-50(58)38-21-17-36(18-22-38)34-56-40-24-26-46(44(54)30-40)60-28-14-12-10-8-6-4-2/h15-26,29-34H,3-14,27-28H2,1-2H3. The lowest BCUT2D eigenvalue weighted by Crippen LogP contribution is -2.11. The molecule has 0 saturated heterocycles. The molecule has 326 valence electrons. The molecule has 0 radical (unpaired) electrons. The second kappa shape index (κ2) is 25.4. The zero-order valence-electron chi connectivity index (χ0n) is 35.1. The first-order valence-corrected chi connectivity index (χ1v) is 22.0. The van der Waals surface area contributed by atoms with E-state index in [0.717, 1.165) is 38.5 Å². The molecule has 5 aromatic carbocycles. The van der Waals surface area contributed by atoms with Gasteiger partial charge >= 0.3 is 11.9 Å². The molecular formula is C50H52Cl2F2N2O6. The molecule has 0 bridgehead atoms. The number of carbonyl (C=O) groups excluding carboxylic acids is 2. The smallest absolute Gasteiger partial charge is 0.343 e. The Morgan fingerprint density at radius 1 is 0.500 bits per heavy atom. The van der Waals surface area contributed by atoms with Crippen LogP contribution in [0.2, 0.25) is 10.0 Å². The second-order valence-electron chi connectivity index (χ2n) is 14.7. The minimum Gasteiger partial charge on any atom is -0.491 e. The molecule has 0 unspecified atom stereocenters. The first-order chi connectivity index (χ1) is 30.1. The van der Waals surface area contributed by atoms with Crippen LogP contribution < -0.4 is 18.9 Å². The van der Waals surface area contributed by atoms with Gasteiger partial charge in [-0.2, -0.15) is 0 Å². The van der Waals surface area contributed by atoms with Crippen molar-refractivity contribution in [3.63, 3.8) is 0 Å². The van der Waals surface area contributed by atoms with Crippen molar-refractivity contribution in [2.45, 2.75) is 90.9 Å². The summed E-state index contributed by atoms with van der Waals surface area (Å²) in [6.45, 7) is 5.29. The molecule has 0 aliphatic rings. The number of halogens is 4. The van der Waals surface area contributed by atoms with Crippen LogP contribution in [-0.4, -0.2) is 37.6 Å². The fourth-order valence-corrected chi connectivity index (χ4v) is 6.66. The molecule has 0 atom stereocenters. The molecule has 0 aliphatic carbocycles. The molecule has 8 nitrogen and oxygen atoms in total. The zero-order chi connectivity index (χ0) is 44.1. The Bertz CT molecular complexity index is 2130. The van der Waals surface area contributed by atoms with Gasteiger partial charge in [0, 0.05) is 30.6 Å². The predicted molar refractivity (Wildman–Crippen MR) is 244 cm³/mol. The van der Waals surface area contributed by atoms with Crippen molar-refractivity contribution in [1.82, 2.24) is 0 Å². The van der Waals surface area contributed by atoms with E-state index in [2.05, 4.69) is 23.8 Å². The first kappa shape index (κ1) is 47.5. The van der Waals surface area contributed by atoms with Gasteiger partial charge in [-0.15, -0.1) is 0 Å². The molecule has 12 heteroatoms. The molecule has 0 fully saturated rings. The van der Waals surface area contributed by atoms with E-state index < -0.39 is 23.6 Å². The summed E-state index contributed by atoms with van der Waals surface area (Å²) >= 11 is 12.7. The van der Waals surface area contributed by atoms with Crippen LogP contribution in [0.4, 0.5) is 20.2 Å². The van der Waals surface area contributed by atoms with Gasteiger partial charge in [0.25, 0.3) is 0 Å². The maximum Gasteiger partial charge on any atom is 0.343 e. The van der Waals surface area contributed by atoms with Crippen molar-refractivity contribution < 1.29 is 37.3 Å². The van der Waals surface area contributed by atoms with E-state index in [-0.39, 0.29) is 44.2 Å². The van der Waals surface area contributed by atoms with Crippen LogP contribution in [0.25, 0.3) is 0 Å². The lowest BCUT2D eigenvalue weighted by Gasteiger charge is -2.11. The van der Waals surface area contributed by atoms with Crippen LogP contribution in [0.3, 0.4) is 0 Å². The molecule has 5 aromatic rings. The summed E-state index contributed by atoms with van der Waals surface area (Å²) in [5.41, 5.74) is 2.57. The highest BCUT2D eigenvalue weighted by atomic mass is 35.5. The van der Waals surface area contributed by atoms with Crippen LogP contribution in [0, 0.1) is 11.6 Å². The van der Waals surface area contributed by atoms with Gasteiger partial charge in [0.2, 0.25) is 0 Å². The second-order valence-corrected chi connectivity index (χ2v) is 15.5. The van der Waals surface area contributed by atoms with E-state index in [4.69, 9.17) is 42.1 Å². The van der Waals surface area contributed by atoms with Crippen molar-refractivity contribution in [3.05, 3.63) is 141 Å². The highest BCUT2D eigenvalue weighted by Gasteiger charge is 2.18. The Balaban J connectivity index is 1.10. The average molecular weight is 886 g/mol. The number of benzene rings is 5. The van der Waals surface area contributed by atoms with Crippen LogP contribution >= 0.6 is 23.2 Å². The average Bonchev–Trinajstić information content (AvgIpc) is 3.27. The fourth-order valence-electron chi connectivity index (χ4n) is 6.20. The lowest BCUT2D eigenvalue weighted by atomic mass is 10.1. The largest absolute Gasteiger partial charge is 0.491 e. The number of unbranched alkanes of at least 4 members (excludes halogenated alkanes) is 10. The SMILES string of the molecule is CCCCCCCCOc1ccc(N=Cc2ccc(C(=O)Oc3cc(OC(=O)c4ccc(C=Nc5ccc(OCCCCCCCC)c(F)c5)cc4)c(Cl)cc3Cl)cc2)cc1F. The Morgan fingerprint density at radius 2 is 0.887 bits per heavy atom. The molecule has 62 heavy (non-hydrogen) atoms. The third-order valence-corrected chi connectivity index (χ3v) is 10.3. The quantitative estimate of drug-likeness (QED) is 0.0265. The molecule has 5 rings (SSSR count). The summed E-state index contributed by atoms with van der Waals surface area (Å²) in [5, 5.41) is 0.0497. The first-order valence-electron chi connectivity index (χ1n) is 21.2. The van der Waals surface area contributed by atoms with Crippen LogP contribution in [0.5, 0.6) is 23.0 Å². The summed E-state index contributed by atoms with van der Waals surface area (Å²) in [6, 6.07) is 24.5. The highest BCUT2D eigenvalue weighted by Crippen LogP contribution is 2.37. The van der Waals surface area contributed by atoms with Gasteiger partial charge in [0.15, 0.2) is 34.6 Å².